The molecule has 0 aliphatic rings. The zero-order valence-electron chi connectivity index (χ0n) is 15.7. The molecule has 0 fully saturated rings. The van der Waals surface area contributed by atoms with Gasteiger partial charge in [0.1, 0.15) is 0 Å². The monoisotopic (exact) mass is 375 g/mol. The lowest BCUT2D eigenvalue weighted by Crippen LogP contribution is -2.38. The van der Waals surface area contributed by atoms with E-state index in [1.165, 1.54) is 0 Å². The maximum atomic E-state index is 6.07. The Balaban J connectivity index is 1.99. The third kappa shape index (κ3) is 5.56. The van der Waals surface area contributed by atoms with Crippen molar-refractivity contribution in [3.63, 3.8) is 0 Å². The molecule has 1 unspecified atom stereocenters. The predicted molar refractivity (Wildman–Crippen MR) is 107 cm³/mol. The molecule has 2 aromatic rings. The van der Waals surface area contributed by atoms with Crippen molar-refractivity contribution in [1.82, 2.24) is 10.6 Å². The normalized spacial score (nSPS) is 12.4. The second-order valence-corrected chi connectivity index (χ2v) is 6.20. The van der Waals surface area contributed by atoms with E-state index in [-0.39, 0.29) is 6.04 Å². The third-order valence-electron chi connectivity index (χ3n) is 3.91. The number of halogens is 1. The number of guanidine groups is 1. The molecule has 26 heavy (non-hydrogen) atoms. The summed E-state index contributed by atoms with van der Waals surface area (Å²) < 4.78 is 10.9. The first-order chi connectivity index (χ1) is 12.6. The largest absolute Gasteiger partial charge is 0.493 e. The van der Waals surface area contributed by atoms with Crippen LogP contribution in [0, 0.1) is 0 Å². The Kier molecular flexibility index (Phi) is 7.60. The number of methoxy groups -OCH3 is 1. The number of benzene rings is 2. The molecule has 5 nitrogen and oxygen atoms in total. The minimum absolute atomic E-state index is 0.0785. The average Bonchev–Trinajstić information content (AvgIpc) is 2.65. The SMILES string of the molecule is CCOc1cc(CNC(=NC)NC(C)c2cccc(Cl)c2)ccc1OC. The summed E-state index contributed by atoms with van der Waals surface area (Å²) in [6.45, 7) is 5.23. The van der Waals surface area contributed by atoms with E-state index in [2.05, 4.69) is 22.5 Å². The summed E-state index contributed by atoms with van der Waals surface area (Å²) in [5.74, 6) is 2.18. The Labute approximate surface area is 160 Å². The number of nitrogens with zero attached hydrogens (tertiary/aromatic N) is 1. The van der Waals surface area contributed by atoms with Crippen molar-refractivity contribution in [3.05, 3.63) is 58.6 Å². The van der Waals surface area contributed by atoms with Gasteiger partial charge in [0.25, 0.3) is 0 Å². The summed E-state index contributed by atoms with van der Waals surface area (Å²) in [7, 11) is 3.39. The highest BCUT2D eigenvalue weighted by Gasteiger charge is 2.09. The Morgan fingerprint density at radius 2 is 2.00 bits per heavy atom. The van der Waals surface area contributed by atoms with E-state index in [4.69, 9.17) is 21.1 Å². The van der Waals surface area contributed by atoms with Gasteiger partial charge in [0.2, 0.25) is 0 Å². The predicted octanol–water partition coefficient (Wildman–Crippen LogP) is 4.17. The highest BCUT2D eigenvalue weighted by molar-refractivity contribution is 6.30. The van der Waals surface area contributed by atoms with Crippen molar-refractivity contribution >= 4 is 17.6 Å². The molecule has 140 valence electrons. The van der Waals surface area contributed by atoms with Crippen LogP contribution in [0.2, 0.25) is 5.02 Å². The molecule has 2 rings (SSSR count). The quantitative estimate of drug-likeness (QED) is 0.563. The highest BCUT2D eigenvalue weighted by atomic mass is 35.5. The van der Waals surface area contributed by atoms with Crippen molar-refractivity contribution in [1.29, 1.82) is 0 Å². The van der Waals surface area contributed by atoms with Gasteiger partial charge < -0.3 is 20.1 Å². The summed E-state index contributed by atoms with van der Waals surface area (Å²) in [5, 5.41) is 7.41. The summed E-state index contributed by atoms with van der Waals surface area (Å²) >= 11 is 6.07. The van der Waals surface area contributed by atoms with Crippen molar-refractivity contribution in [2.24, 2.45) is 4.99 Å². The van der Waals surface area contributed by atoms with E-state index in [1.807, 2.05) is 49.4 Å². The number of nitrogens with one attached hydrogen (secondary N) is 2. The van der Waals surface area contributed by atoms with Crippen molar-refractivity contribution in [3.8, 4) is 11.5 Å². The van der Waals surface area contributed by atoms with Crippen LogP contribution in [0.15, 0.2) is 47.5 Å². The minimum Gasteiger partial charge on any atom is -0.493 e. The number of aliphatic imine (C=N–C) groups is 1. The first-order valence-corrected chi connectivity index (χ1v) is 8.97. The number of rotatable bonds is 7. The molecular weight excluding hydrogens is 350 g/mol. The van der Waals surface area contributed by atoms with Crippen LogP contribution < -0.4 is 20.1 Å². The van der Waals surface area contributed by atoms with Gasteiger partial charge in [0, 0.05) is 18.6 Å². The van der Waals surface area contributed by atoms with Crippen LogP contribution in [-0.2, 0) is 6.54 Å². The molecule has 0 radical (unpaired) electrons. The number of hydrogen-bond acceptors (Lipinski definition) is 3. The van der Waals surface area contributed by atoms with Crippen molar-refractivity contribution < 1.29 is 9.47 Å². The molecule has 6 heteroatoms. The molecule has 1 atom stereocenters. The molecule has 0 amide bonds. The molecule has 2 aromatic carbocycles. The van der Waals surface area contributed by atoms with E-state index in [9.17, 15) is 0 Å². The van der Waals surface area contributed by atoms with Crippen LogP contribution in [-0.4, -0.2) is 26.7 Å². The number of ether oxygens (including phenoxy) is 2. The molecule has 0 aliphatic carbocycles. The van der Waals surface area contributed by atoms with Crippen LogP contribution >= 0.6 is 11.6 Å². The molecule has 0 bridgehead atoms. The van der Waals surface area contributed by atoms with Crippen LogP contribution in [0.5, 0.6) is 11.5 Å². The Morgan fingerprint density at radius 3 is 2.65 bits per heavy atom. The van der Waals surface area contributed by atoms with Gasteiger partial charge in [-0.2, -0.15) is 0 Å². The maximum absolute atomic E-state index is 6.07. The van der Waals surface area contributed by atoms with Gasteiger partial charge in [-0.25, -0.2) is 0 Å². The molecule has 0 spiro atoms. The summed E-state index contributed by atoms with van der Waals surface area (Å²) in [4.78, 5) is 4.29. The first-order valence-electron chi connectivity index (χ1n) is 8.59. The van der Waals surface area contributed by atoms with Crippen LogP contribution in [0.3, 0.4) is 0 Å². The van der Waals surface area contributed by atoms with Crippen molar-refractivity contribution in [2.45, 2.75) is 26.4 Å². The van der Waals surface area contributed by atoms with Gasteiger partial charge in [-0.1, -0.05) is 29.8 Å². The summed E-state index contributed by atoms with van der Waals surface area (Å²) in [5.41, 5.74) is 2.18. The van der Waals surface area contributed by atoms with Crippen LogP contribution in [0.4, 0.5) is 0 Å². The van der Waals surface area contributed by atoms with E-state index in [0.717, 1.165) is 27.6 Å². The first kappa shape index (κ1) is 19.9. The van der Waals surface area contributed by atoms with Gasteiger partial charge in [-0.3, -0.25) is 4.99 Å². The fourth-order valence-electron chi connectivity index (χ4n) is 2.54. The molecular formula is C20H26ClN3O2. The Bertz CT molecular complexity index is 750. The number of hydrogen-bond donors (Lipinski definition) is 2. The van der Waals surface area contributed by atoms with Gasteiger partial charge in [-0.05, 0) is 49.2 Å². The lowest BCUT2D eigenvalue weighted by molar-refractivity contribution is 0.310. The third-order valence-corrected chi connectivity index (χ3v) is 4.15. The fourth-order valence-corrected chi connectivity index (χ4v) is 2.74. The molecule has 0 heterocycles. The van der Waals surface area contributed by atoms with E-state index in [0.29, 0.717) is 19.1 Å². The van der Waals surface area contributed by atoms with Gasteiger partial charge in [0.15, 0.2) is 17.5 Å². The standard InChI is InChI=1S/C20H26ClN3O2/c1-5-26-19-11-15(9-10-18(19)25-4)13-23-20(22-3)24-14(2)16-7-6-8-17(21)12-16/h6-12,14H,5,13H2,1-4H3,(H2,22,23,24). The molecule has 0 saturated heterocycles. The van der Waals surface area contributed by atoms with Gasteiger partial charge >= 0.3 is 0 Å². The lowest BCUT2D eigenvalue weighted by Gasteiger charge is -2.19. The fraction of sp³-hybridized carbons (Fsp3) is 0.350. The van der Waals surface area contributed by atoms with Gasteiger partial charge in [-0.15, -0.1) is 0 Å². The average molecular weight is 376 g/mol. The van der Waals surface area contributed by atoms with E-state index < -0.39 is 0 Å². The van der Waals surface area contributed by atoms with Crippen LogP contribution in [0.25, 0.3) is 0 Å². The molecule has 0 saturated carbocycles. The Hall–Kier alpha value is -2.40. The second kappa shape index (κ2) is 9.92. The maximum Gasteiger partial charge on any atom is 0.191 e. The van der Waals surface area contributed by atoms with E-state index >= 15 is 0 Å². The summed E-state index contributed by atoms with van der Waals surface area (Å²) in [6, 6.07) is 13.8. The smallest absolute Gasteiger partial charge is 0.191 e. The van der Waals surface area contributed by atoms with Gasteiger partial charge in [0.05, 0.1) is 19.8 Å². The lowest BCUT2D eigenvalue weighted by atomic mass is 10.1. The van der Waals surface area contributed by atoms with Crippen molar-refractivity contribution in [2.75, 3.05) is 20.8 Å². The molecule has 0 aliphatic heterocycles. The zero-order chi connectivity index (χ0) is 18.9. The summed E-state index contributed by atoms with van der Waals surface area (Å²) in [6.07, 6.45) is 0. The second-order valence-electron chi connectivity index (χ2n) is 5.77. The minimum atomic E-state index is 0.0785. The molecule has 2 N–H and O–H groups in total. The van der Waals surface area contributed by atoms with E-state index in [1.54, 1.807) is 14.2 Å². The highest BCUT2D eigenvalue weighted by Crippen LogP contribution is 2.28. The zero-order valence-corrected chi connectivity index (χ0v) is 16.4. The Morgan fingerprint density at radius 1 is 1.19 bits per heavy atom. The molecule has 0 aromatic heterocycles. The topological polar surface area (TPSA) is 54.9 Å². The van der Waals surface area contributed by atoms with Crippen LogP contribution in [0.1, 0.15) is 31.0 Å².